The van der Waals surface area contributed by atoms with Crippen LogP contribution in [0.25, 0.3) is 0 Å². The second kappa shape index (κ2) is 9.14. The van der Waals surface area contributed by atoms with E-state index < -0.39 is 0 Å². The van der Waals surface area contributed by atoms with Gasteiger partial charge in [-0.2, -0.15) is 0 Å². The molecule has 0 aromatic carbocycles. The molecule has 4 fully saturated rings. The van der Waals surface area contributed by atoms with Crippen molar-refractivity contribution in [3.8, 4) is 0 Å². The van der Waals surface area contributed by atoms with Gasteiger partial charge in [0.2, 0.25) is 6.54 Å². The number of carbonyl (C=O) groups is 2. The van der Waals surface area contributed by atoms with Gasteiger partial charge in [0, 0.05) is 35.5 Å². The third kappa shape index (κ3) is 3.65. The molecule has 0 spiro atoms. The van der Waals surface area contributed by atoms with E-state index in [4.69, 9.17) is 4.74 Å². The van der Waals surface area contributed by atoms with Gasteiger partial charge in [-0.25, -0.2) is 0 Å². The number of ether oxygens (including phenoxy) is 1. The highest BCUT2D eigenvalue weighted by molar-refractivity contribution is 6.00. The molecule has 40 heavy (non-hydrogen) atoms. The number of fused-ring (bicyclic) bond motifs is 7. The van der Waals surface area contributed by atoms with Crippen molar-refractivity contribution in [3.63, 3.8) is 0 Å². The molecule has 0 radical (unpaired) electrons. The number of hydrogen-bond donors (Lipinski definition) is 0. The quantitative estimate of drug-likeness (QED) is 0.195. The lowest BCUT2D eigenvalue weighted by atomic mass is 9.28. The van der Waals surface area contributed by atoms with Crippen LogP contribution in [0.2, 0.25) is 0 Å². The highest BCUT2D eigenvalue weighted by Crippen LogP contribution is 2.81. The van der Waals surface area contributed by atoms with E-state index in [0.717, 1.165) is 56.9 Å². The van der Waals surface area contributed by atoms with Crippen molar-refractivity contribution >= 4 is 11.8 Å². The van der Waals surface area contributed by atoms with Gasteiger partial charge in [0.1, 0.15) is 6.10 Å². The Morgan fingerprint density at radius 2 is 1.57 bits per heavy atom. The van der Waals surface area contributed by atoms with Gasteiger partial charge in [-0.1, -0.05) is 61.0 Å². The minimum Gasteiger partial charge on any atom is -0.462 e. The summed E-state index contributed by atoms with van der Waals surface area (Å²) >= 11 is 0. The molecular formula is C34H53NO5. The summed E-state index contributed by atoms with van der Waals surface area (Å²) in [5.74, 6) is 0.995. The van der Waals surface area contributed by atoms with E-state index in [1.807, 2.05) is 0 Å². The summed E-state index contributed by atoms with van der Waals surface area (Å²) in [5.41, 5.74) is 2.26. The molecule has 6 nitrogen and oxygen atoms in total. The van der Waals surface area contributed by atoms with Crippen LogP contribution >= 0.6 is 0 Å². The van der Waals surface area contributed by atoms with Crippen molar-refractivity contribution in [1.82, 2.24) is 0 Å². The number of ketones is 1. The number of nitrogens with zero attached hydrogens (tertiary/aromatic N) is 1. The largest absolute Gasteiger partial charge is 0.462 e. The first-order valence-electron chi connectivity index (χ1n) is 16.0. The molecule has 8 atom stereocenters. The lowest BCUT2D eigenvalue weighted by molar-refractivity contribution is -0.483. The summed E-state index contributed by atoms with van der Waals surface area (Å²) < 4.78 is 5.92. The maximum absolute atomic E-state index is 13.6. The first-order chi connectivity index (χ1) is 18.4. The molecule has 0 aliphatic heterocycles. The van der Waals surface area contributed by atoms with Crippen LogP contribution in [-0.2, 0) is 14.3 Å². The zero-order valence-electron chi connectivity index (χ0n) is 26.6. The SMILES string of the molecule is CC(=O)O[C@H]1CC[C@@]2(C)[C@@H](CC[C@]3(C)[C@]2(C)CC[C@@H]2C4=C(C(C)C)C(=O)C[C@]4(CC[N+](=O)[O-])CC[C@]23C)C1(C)C. The number of allylic oxidation sites excluding steroid dienone is 2. The summed E-state index contributed by atoms with van der Waals surface area (Å²) in [4.78, 5) is 36.9. The lowest BCUT2D eigenvalue weighted by Gasteiger charge is -2.76. The van der Waals surface area contributed by atoms with Crippen LogP contribution in [0.3, 0.4) is 0 Å². The molecule has 0 heterocycles. The summed E-state index contributed by atoms with van der Waals surface area (Å²) in [5, 5.41) is 11.5. The second-order valence-electron chi connectivity index (χ2n) is 16.3. The van der Waals surface area contributed by atoms with E-state index in [0.29, 0.717) is 24.7 Å². The summed E-state index contributed by atoms with van der Waals surface area (Å²) in [6.45, 7) is 20.6. The third-order valence-corrected chi connectivity index (χ3v) is 14.6. The number of nitro groups is 1. The normalized spacial score (nSPS) is 45.9. The van der Waals surface area contributed by atoms with Gasteiger partial charge in [-0.15, -0.1) is 0 Å². The summed E-state index contributed by atoms with van der Waals surface area (Å²) in [7, 11) is 0. The zero-order chi connectivity index (χ0) is 29.7. The van der Waals surface area contributed by atoms with Crippen LogP contribution in [-0.4, -0.2) is 29.3 Å². The Kier molecular flexibility index (Phi) is 6.80. The van der Waals surface area contributed by atoms with Crippen molar-refractivity contribution in [3.05, 3.63) is 21.3 Å². The summed E-state index contributed by atoms with van der Waals surface area (Å²) in [6, 6.07) is 0. The number of hydrogen-bond acceptors (Lipinski definition) is 5. The topological polar surface area (TPSA) is 86.5 Å². The van der Waals surface area contributed by atoms with Gasteiger partial charge >= 0.3 is 5.97 Å². The highest BCUT2D eigenvalue weighted by Gasteiger charge is 2.74. The maximum Gasteiger partial charge on any atom is 0.302 e. The Bertz CT molecular complexity index is 1150. The molecule has 0 amide bonds. The molecule has 4 saturated carbocycles. The van der Waals surface area contributed by atoms with Crippen LogP contribution in [0.15, 0.2) is 11.1 Å². The molecule has 0 aromatic rings. The predicted octanol–water partition coefficient (Wildman–Crippen LogP) is 7.96. The molecule has 0 aromatic heterocycles. The number of esters is 1. The number of rotatable bonds is 5. The smallest absolute Gasteiger partial charge is 0.302 e. The standard InChI is InChI=1S/C34H53NO5/c1-21(2)27-24(37)20-34(18-19-35(38)39)17-16-30(6)23(28(27)34)10-14-33(9)31(7)13-12-26(40-22(3)36)29(4,5)25(31)11-15-32(30,33)8/h21,23,25-26H,10-20H2,1-9H3/t23-,25+,26+,30-,31+,32+,33-,34-/m1/s1. The van der Waals surface area contributed by atoms with E-state index in [-0.39, 0.29) is 67.7 Å². The van der Waals surface area contributed by atoms with Crippen LogP contribution in [0.4, 0.5) is 0 Å². The van der Waals surface area contributed by atoms with Crippen LogP contribution in [0, 0.1) is 60.4 Å². The molecule has 5 aliphatic carbocycles. The first-order valence-corrected chi connectivity index (χ1v) is 16.0. The van der Waals surface area contributed by atoms with Crippen molar-refractivity contribution in [2.45, 2.75) is 133 Å². The van der Waals surface area contributed by atoms with Gasteiger partial charge in [-0.3, -0.25) is 19.7 Å². The van der Waals surface area contributed by atoms with Crippen molar-refractivity contribution in [1.29, 1.82) is 0 Å². The van der Waals surface area contributed by atoms with Crippen LogP contribution in [0.5, 0.6) is 0 Å². The number of carbonyl (C=O) groups excluding carboxylic acids is 2. The fourth-order valence-corrected chi connectivity index (χ4v) is 12.1. The van der Waals surface area contributed by atoms with E-state index in [2.05, 4.69) is 55.4 Å². The Morgan fingerprint density at radius 1 is 0.950 bits per heavy atom. The van der Waals surface area contributed by atoms with Gasteiger partial charge in [0.05, 0.1) is 0 Å². The molecule has 224 valence electrons. The maximum atomic E-state index is 13.6. The molecule has 5 rings (SSSR count). The lowest BCUT2D eigenvalue weighted by Crippen LogP contribution is -2.70. The third-order valence-electron chi connectivity index (χ3n) is 14.6. The van der Waals surface area contributed by atoms with Crippen LogP contribution in [0.1, 0.15) is 127 Å². The minimum atomic E-state index is -0.330. The first kappa shape index (κ1) is 29.8. The van der Waals surface area contributed by atoms with E-state index >= 15 is 0 Å². The van der Waals surface area contributed by atoms with Crippen LogP contribution < -0.4 is 0 Å². The average molecular weight is 556 g/mol. The molecule has 0 N–H and O–H groups in total. The minimum absolute atomic E-state index is 0.0308. The molecule has 0 unspecified atom stereocenters. The molecule has 5 aliphatic rings. The van der Waals surface area contributed by atoms with Gasteiger partial charge in [-0.05, 0) is 96.4 Å². The van der Waals surface area contributed by atoms with Crippen molar-refractivity contribution in [2.24, 2.45) is 50.2 Å². The Hall–Kier alpha value is -1.72. The molecule has 6 heteroatoms. The fourth-order valence-electron chi connectivity index (χ4n) is 12.1. The second-order valence-corrected chi connectivity index (χ2v) is 16.3. The Morgan fingerprint density at radius 3 is 2.17 bits per heavy atom. The Labute approximate surface area is 241 Å². The highest BCUT2D eigenvalue weighted by atomic mass is 16.6. The zero-order valence-corrected chi connectivity index (χ0v) is 26.6. The van der Waals surface area contributed by atoms with E-state index in [1.54, 1.807) is 0 Å². The van der Waals surface area contributed by atoms with E-state index in [9.17, 15) is 19.7 Å². The monoisotopic (exact) mass is 555 g/mol. The predicted molar refractivity (Wildman–Crippen MR) is 156 cm³/mol. The molecular weight excluding hydrogens is 502 g/mol. The number of Topliss-reactive ketones (excluding diaryl/α,β-unsaturated/α-hetero) is 1. The van der Waals surface area contributed by atoms with Crippen molar-refractivity contribution in [2.75, 3.05) is 6.54 Å². The van der Waals surface area contributed by atoms with Gasteiger partial charge < -0.3 is 4.74 Å². The molecule has 0 bridgehead atoms. The Balaban J connectivity index is 1.59. The van der Waals surface area contributed by atoms with Crippen molar-refractivity contribution < 1.29 is 19.2 Å². The molecule has 0 saturated heterocycles. The van der Waals surface area contributed by atoms with E-state index in [1.165, 1.54) is 12.5 Å². The van der Waals surface area contributed by atoms with Gasteiger partial charge in [0.15, 0.2) is 5.78 Å². The average Bonchev–Trinajstić information content (AvgIpc) is 3.14. The van der Waals surface area contributed by atoms with Gasteiger partial charge in [0.25, 0.3) is 0 Å². The summed E-state index contributed by atoms with van der Waals surface area (Å²) in [6.07, 6.45) is 9.23. The fraction of sp³-hybridized carbons (Fsp3) is 0.882.